The normalized spacial score (nSPS) is 10.9. The minimum Gasteiger partial charge on any atom is -0.482 e. The Morgan fingerprint density at radius 3 is 2.59 bits per heavy atom. The molecule has 0 bridgehead atoms. The summed E-state index contributed by atoms with van der Waals surface area (Å²) in [6, 6.07) is 20.9. The summed E-state index contributed by atoms with van der Waals surface area (Å²) in [6.07, 6.45) is 1.78. The summed E-state index contributed by atoms with van der Waals surface area (Å²) in [6.45, 7) is 1.65. The summed E-state index contributed by atoms with van der Waals surface area (Å²) in [5, 5.41) is 9.34. The third-order valence-electron chi connectivity index (χ3n) is 3.88. The van der Waals surface area contributed by atoms with Gasteiger partial charge in [-0.25, -0.2) is 4.79 Å². The molecule has 0 amide bonds. The van der Waals surface area contributed by atoms with Crippen LogP contribution in [-0.2, 0) is 4.79 Å². The maximum atomic E-state index is 10.5. The number of carbonyl (C=O) groups is 1. The molecule has 1 N–H and O–H groups in total. The maximum Gasteiger partial charge on any atom is 0.341 e. The number of carboxylic acids is 1. The van der Waals surface area contributed by atoms with Gasteiger partial charge in [0.05, 0.1) is 5.69 Å². The van der Waals surface area contributed by atoms with Gasteiger partial charge >= 0.3 is 5.97 Å². The van der Waals surface area contributed by atoms with E-state index in [0.717, 1.165) is 33.0 Å². The van der Waals surface area contributed by atoms with E-state index in [9.17, 15) is 4.79 Å². The predicted molar refractivity (Wildman–Crippen MR) is 108 cm³/mol. The van der Waals surface area contributed by atoms with Crippen molar-refractivity contribution < 1.29 is 14.6 Å². The molecule has 0 spiro atoms. The highest BCUT2D eigenvalue weighted by atomic mass is 35.5. The van der Waals surface area contributed by atoms with Crippen LogP contribution < -0.4 is 4.74 Å². The van der Waals surface area contributed by atoms with Gasteiger partial charge in [-0.15, -0.1) is 0 Å². The van der Waals surface area contributed by atoms with Crippen LogP contribution in [-0.4, -0.2) is 23.9 Å². The zero-order chi connectivity index (χ0) is 19.2. The Hall–Kier alpha value is -3.11. The molecule has 3 rings (SSSR count). The van der Waals surface area contributed by atoms with Gasteiger partial charge in [-0.3, -0.25) is 4.99 Å². The van der Waals surface area contributed by atoms with E-state index in [0.29, 0.717) is 5.75 Å². The van der Waals surface area contributed by atoms with Crippen molar-refractivity contribution in [3.63, 3.8) is 0 Å². The first kappa shape index (κ1) is 18.7. The molecule has 0 aromatic heterocycles. The molecule has 0 aliphatic heterocycles. The fourth-order valence-corrected chi connectivity index (χ4v) is 2.91. The van der Waals surface area contributed by atoms with Crippen LogP contribution in [0.15, 0.2) is 71.7 Å². The minimum atomic E-state index is -1.01. The van der Waals surface area contributed by atoms with Crippen LogP contribution in [0.3, 0.4) is 0 Å². The first-order chi connectivity index (χ1) is 13.0. The molecule has 3 aromatic carbocycles. The van der Waals surface area contributed by atoms with Gasteiger partial charge in [0.2, 0.25) is 0 Å². The number of hydrogen-bond acceptors (Lipinski definition) is 3. The number of aliphatic carboxylic acids is 1. The lowest BCUT2D eigenvalue weighted by molar-refractivity contribution is -0.139. The highest BCUT2D eigenvalue weighted by Gasteiger charge is 2.04. The van der Waals surface area contributed by atoms with E-state index in [4.69, 9.17) is 21.4 Å². The van der Waals surface area contributed by atoms with E-state index in [1.807, 2.05) is 49.4 Å². The van der Waals surface area contributed by atoms with E-state index >= 15 is 0 Å². The Bertz CT molecular complexity index is 981. The number of benzene rings is 3. The van der Waals surface area contributed by atoms with Gasteiger partial charge in [-0.1, -0.05) is 41.9 Å². The molecule has 0 saturated heterocycles. The highest BCUT2D eigenvalue weighted by molar-refractivity contribution is 6.33. The molecule has 0 saturated carbocycles. The number of rotatable bonds is 6. The molecule has 0 heterocycles. The number of halogens is 1. The van der Waals surface area contributed by atoms with E-state index in [2.05, 4.69) is 4.99 Å². The van der Waals surface area contributed by atoms with Crippen LogP contribution in [0.4, 0.5) is 5.69 Å². The van der Waals surface area contributed by atoms with Gasteiger partial charge in [0.1, 0.15) is 5.75 Å². The Labute approximate surface area is 162 Å². The monoisotopic (exact) mass is 379 g/mol. The van der Waals surface area contributed by atoms with Crippen LogP contribution >= 0.6 is 11.6 Å². The molecule has 4 nitrogen and oxygen atoms in total. The van der Waals surface area contributed by atoms with Gasteiger partial charge in [0, 0.05) is 16.8 Å². The molecule has 3 aromatic rings. The Kier molecular flexibility index (Phi) is 5.89. The summed E-state index contributed by atoms with van der Waals surface area (Å²) < 4.78 is 5.11. The lowest BCUT2D eigenvalue weighted by Gasteiger charge is -2.06. The Morgan fingerprint density at radius 1 is 1.11 bits per heavy atom. The van der Waals surface area contributed by atoms with Crippen molar-refractivity contribution in [3.8, 4) is 16.9 Å². The molecule has 0 radical (unpaired) electrons. The summed E-state index contributed by atoms with van der Waals surface area (Å²) in [5.74, 6) is -0.516. The van der Waals surface area contributed by atoms with E-state index in [1.54, 1.807) is 30.5 Å². The number of ether oxygens (including phenoxy) is 1. The smallest absolute Gasteiger partial charge is 0.341 e. The molecule has 0 fully saturated rings. The number of nitrogens with zero attached hydrogens (tertiary/aromatic N) is 1. The van der Waals surface area contributed by atoms with E-state index in [-0.39, 0.29) is 6.61 Å². The van der Waals surface area contributed by atoms with Gasteiger partial charge in [-0.05, 0) is 60.0 Å². The SMILES string of the molecule is Cc1ccc(-c2cccc(C=Nc3ccc(OCC(=O)O)cc3)c2)c(Cl)c1. The second kappa shape index (κ2) is 8.52. The van der Waals surface area contributed by atoms with Gasteiger partial charge < -0.3 is 9.84 Å². The number of aryl methyl sites for hydroxylation is 1. The molecular weight excluding hydrogens is 362 g/mol. The zero-order valence-corrected chi connectivity index (χ0v) is 15.5. The first-order valence-electron chi connectivity index (χ1n) is 8.36. The zero-order valence-electron chi connectivity index (χ0n) is 14.7. The average Bonchev–Trinajstić information content (AvgIpc) is 2.66. The minimum absolute atomic E-state index is 0.364. The Balaban J connectivity index is 1.75. The number of hydrogen-bond donors (Lipinski definition) is 1. The summed E-state index contributed by atoms with van der Waals surface area (Å²) >= 11 is 6.37. The predicted octanol–water partition coefficient (Wildman–Crippen LogP) is 5.53. The molecule has 0 unspecified atom stereocenters. The summed E-state index contributed by atoms with van der Waals surface area (Å²) in [4.78, 5) is 15.0. The van der Waals surface area contributed by atoms with Crippen LogP contribution in [0.2, 0.25) is 5.02 Å². The summed E-state index contributed by atoms with van der Waals surface area (Å²) in [7, 11) is 0. The van der Waals surface area contributed by atoms with E-state index < -0.39 is 5.97 Å². The van der Waals surface area contributed by atoms with Crippen molar-refractivity contribution in [2.75, 3.05) is 6.61 Å². The fourth-order valence-electron chi connectivity index (χ4n) is 2.56. The van der Waals surface area contributed by atoms with Gasteiger partial charge in [-0.2, -0.15) is 0 Å². The molecule has 5 heteroatoms. The summed E-state index contributed by atoms with van der Waals surface area (Å²) in [5.41, 5.74) is 4.84. The number of carboxylic acid groups (broad SMARTS) is 1. The lowest BCUT2D eigenvalue weighted by atomic mass is 10.0. The molecule has 0 aliphatic carbocycles. The third kappa shape index (κ3) is 5.19. The molecule has 27 heavy (non-hydrogen) atoms. The van der Waals surface area contributed by atoms with Crippen LogP contribution in [0.5, 0.6) is 5.75 Å². The molecule has 0 atom stereocenters. The van der Waals surface area contributed by atoms with Crippen molar-refractivity contribution in [1.82, 2.24) is 0 Å². The average molecular weight is 380 g/mol. The third-order valence-corrected chi connectivity index (χ3v) is 4.20. The van der Waals surface area contributed by atoms with E-state index in [1.165, 1.54) is 0 Å². The van der Waals surface area contributed by atoms with Crippen LogP contribution in [0.1, 0.15) is 11.1 Å². The van der Waals surface area contributed by atoms with Crippen molar-refractivity contribution in [3.05, 3.63) is 82.9 Å². The quantitative estimate of drug-likeness (QED) is 0.573. The second-order valence-corrected chi connectivity index (χ2v) is 6.45. The maximum absolute atomic E-state index is 10.5. The van der Waals surface area contributed by atoms with Crippen molar-refractivity contribution in [2.24, 2.45) is 4.99 Å². The van der Waals surface area contributed by atoms with Gasteiger partial charge in [0.15, 0.2) is 6.61 Å². The highest BCUT2D eigenvalue weighted by Crippen LogP contribution is 2.29. The number of aliphatic imine (C=N–C) groups is 1. The van der Waals surface area contributed by atoms with Gasteiger partial charge in [0.25, 0.3) is 0 Å². The van der Waals surface area contributed by atoms with Crippen molar-refractivity contribution in [1.29, 1.82) is 0 Å². The van der Waals surface area contributed by atoms with Crippen LogP contribution in [0.25, 0.3) is 11.1 Å². The fraction of sp³-hybridized carbons (Fsp3) is 0.0909. The molecular formula is C22H18ClNO3. The Morgan fingerprint density at radius 2 is 1.89 bits per heavy atom. The molecule has 0 aliphatic rings. The standard InChI is InChI=1S/C22H18ClNO3/c1-15-5-10-20(21(23)11-15)17-4-2-3-16(12-17)13-24-18-6-8-19(9-7-18)27-14-22(25)26/h2-13H,14H2,1H3,(H,25,26). The topological polar surface area (TPSA) is 58.9 Å². The van der Waals surface area contributed by atoms with Crippen molar-refractivity contribution in [2.45, 2.75) is 6.92 Å². The lowest BCUT2D eigenvalue weighted by Crippen LogP contribution is -2.09. The molecule has 136 valence electrons. The second-order valence-electron chi connectivity index (χ2n) is 6.04. The van der Waals surface area contributed by atoms with Crippen LogP contribution in [0, 0.1) is 6.92 Å². The first-order valence-corrected chi connectivity index (χ1v) is 8.74. The largest absolute Gasteiger partial charge is 0.482 e. The van der Waals surface area contributed by atoms with Crippen molar-refractivity contribution >= 4 is 29.5 Å².